The minimum absolute atomic E-state index is 0.0748. The van der Waals surface area contributed by atoms with Gasteiger partial charge in [0.1, 0.15) is 5.82 Å². The number of nitrogens with one attached hydrogen (secondary N) is 2. The van der Waals surface area contributed by atoms with Crippen LogP contribution >= 0.6 is 12.6 Å². The second kappa shape index (κ2) is 5.39. The van der Waals surface area contributed by atoms with Crippen molar-refractivity contribution < 1.29 is 14.0 Å². The fraction of sp³-hybridized carbons (Fsp3) is 0.333. The fourth-order valence-corrected chi connectivity index (χ4v) is 1.64. The Morgan fingerprint density at radius 3 is 2.72 bits per heavy atom. The molecule has 1 aromatic carbocycles. The topological polar surface area (TPSA) is 58.2 Å². The minimum Gasteiger partial charge on any atom is -0.352 e. The van der Waals surface area contributed by atoms with E-state index < -0.39 is 11.7 Å². The van der Waals surface area contributed by atoms with Crippen LogP contribution in [-0.2, 0) is 4.79 Å². The van der Waals surface area contributed by atoms with Gasteiger partial charge >= 0.3 is 0 Å². The zero-order chi connectivity index (χ0) is 13.1. The average molecular weight is 268 g/mol. The lowest BCUT2D eigenvalue weighted by molar-refractivity contribution is -0.120. The zero-order valence-electron chi connectivity index (χ0n) is 9.57. The molecular weight excluding hydrogens is 255 g/mol. The SMILES string of the molecule is O=C(CNC(=O)c1ccc(F)c(S)c1)NC1CC1. The second-order valence-electron chi connectivity index (χ2n) is 4.19. The molecule has 4 nitrogen and oxygen atoms in total. The van der Waals surface area contributed by atoms with Gasteiger partial charge in [-0.15, -0.1) is 12.6 Å². The molecule has 0 saturated heterocycles. The molecular formula is C12H13FN2O2S. The van der Waals surface area contributed by atoms with Crippen molar-refractivity contribution in [2.24, 2.45) is 0 Å². The Hall–Kier alpha value is -1.56. The van der Waals surface area contributed by atoms with E-state index in [4.69, 9.17) is 0 Å². The molecule has 0 atom stereocenters. The molecule has 1 fully saturated rings. The second-order valence-corrected chi connectivity index (χ2v) is 4.67. The van der Waals surface area contributed by atoms with Crippen LogP contribution in [-0.4, -0.2) is 24.4 Å². The lowest BCUT2D eigenvalue weighted by Crippen LogP contribution is -2.37. The molecule has 0 aromatic heterocycles. The number of amides is 2. The van der Waals surface area contributed by atoms with E-state index in [0.717, 1.165) is 12.8 Å². The summed E-state index contributed by atoms with van der Waals surface area (Å²) in [5.74, 6) is -1.11. The number of rotatable bonds is 4. The summed E-state index contributed by atoms with van der Waals surface area (Å²) in [5.41, 5.74) is 0.278. The third kappa shape index (κ3) is 3.46. The number of carbonyl (C=O) groups excluding carboxylic acids is 2. The van der Waals surface area contributed by atoms with Gasteiger partial charge in [0.15, 0.2) is 0 Å². The molecule has 0 radical (unpaired) electrons. The van der Waals surface area contributed by atoms with Crippen LogP contribution in [0.4, 0.5) is 4.39 Å². The third-order valence-corrected chi connectivity index (χ3v) is 2.90. The monoisotopic (exact) mass is 268 g/mol. The number of carbonyl (C=O) groups is 2. The summed E-state index contributed by atoms with van der Waals surface area (Å²) < 4.78 is 13.0. The van der Waals surface area contributed by atoms with E-state index in [0.29, 0.717) is 0 Å². The Morgan fingerprint density at radius 2 is 2.11 bits per heavy atom. The van der Waals surface area contributed by atoms with Crippen molar-refractivity contribution in [3.05, 3.63) is 29.6 Å². The summed E-state index contributed by atoms with van der Waals surface area (Å²) in [7, 11) is 0. The van der Waals surface area contributed by atoms with Crippen molar-refractivity contribution in [1.29, 1.82) is 0 Å². The molecule has 0 heterocycles. The number of halogens is 1. The maximum Gasteiger partial charge on any atom is 0.251 e. The van der Waals surface area contributed by atoms with Gasteiger partial charge in [0, 0.05) is 16.5 Å². The van der Waals surface area contributed by atoms with Crippen LogP contribution in [0.2, 0.25) is 0 Å². The van der Waals surface area contributed by atoms with Crippen molar-refractivity contribution >= 4 is 24.4 Å². The van der Waals surface area contributed by atoms with Crippen molar-refractivity contribution in [2.45, 2.75) is 23.8 Å². The van der Waals surface area contributed by atoms with E-state index >= 15 is 0 Å². The van der Waals surface area contributed by atoms with Crippen LogP contribution in [0.15, 0.2) is 23.1 Å². The Labute approximate surface area is 109 Å². The summed E-state index contributed by atoms with van der Waals surface area (Å²) in [6.45, 7) is -0.0748. The lowest BCUT2D eigenvalue weighted by atomic mass is 10.2. The Kier molecular flexibility index (Phi) is 3.86. The molecule has 1 saturated carbocycles. The van der Waals surface area contributed by atoms with E-state index in [9.17, 15) is 14.0 Å². The molecule has 2 rings (SSSR count). The first kappa shape index (κ1) is 12.9. The first-order valence-corrected chi connectivity index (χ1v) is 6.07. The van der Waals surface area contributed by atoms with Crippen LogP contribution in [0.25, 0.3) is 0 Å². The van der Waals surface area contributed by atoms with Gasteiger partial charge in [0.05, 0.1) is 6.54 Å². The standard InChI is InChI=1S/C12H13FN2O2S/c13-9-4-1-7(5-10(9)18)12(17)14-6-11(16)15-8-2-3-8/h1,4-5,8,18H,2-3,6H2,(H,14,17)(H,15,16). The van der Waals surface area contributed by atoms with Crippen molar-refractivity contribution in [2.75, 3.05) is 6.54 Å². The van der Waals surface area contributed by atoms with E-state index in [-0.39, 0.29) is 29.0 Å². The molecule has 2 amide bonds. The van der Waals surface area contributed by atoms with Gasteiger partial charge < -0.3 is 10.6 Å². The summed E-state index contributed by atoms with van der Waals surface area (Å²) >= 11 is 3.89. The Morgan fingerprint density at radius 1 is 1.39 bits per heavy atom. The normalized spacial score (nSPS) is 14.1. The summed E-state index contributed by atoms with van der Waals surface area (Å²) in [4.78, 5) is 23.1. The first-order valence-electron chi connectivity index (χ1n) is 5.62. The smallest absolute Gasteiger partial charge is 0.251 e. The predicted octanol–water partition coefficient (Wildman–Crippen LogP) is 1.12. The van der Waals surface area contributed by atoms with Gasteiger partial charge in [-0.25, -0.2) is 4.39 Å². The van der Waals surface area contributed by atoms with Gasteiger partial charge in [-0.3, -0.25) is 9.59 Å². The predicted molar refractivity (Wildman–Crippen MR) is 67.1 cm³/mol. The van der Waals surface area contributed by atoms with Gasteiger partial charge in [0.2, 0.25) is 5.91 Å². The first-order chi connectivity index (χ1) is 8.56. The third-order valence-electron chi connectivity index (χ3n) is 2.56. The van der Waals surface area contributed by atoms with E-state index in [2.05, 4.69) is 23.3 Å². The number of hydrogen-bond donors (Lipinski definition) is 3. The molecule has 18 heavy (non-hydrogen) atoms. The van der Waals surface area contributed by atoms with Crippen LogP contribution in [0.5, 0.6) is 0 Å². The lowest BCUT2D eigenvalue weighted by Gasteiger charge is -2.06. The highest BCUT2D eigenvalue weighted by molar-refractivity contribution is 7.80. The molecule has 1 aromatic rings. The highest BCUT2D eigenvalue weighted by Crippen LogP contribution is 2.18. The van der Waals surface area contributed by atoms with Gasteiger partial charge in [-0.1, -0.05) is 0 Å². The van der Waals surface area contributed by atoms with Gasteiger partial charge in [0.25, 0.3) is 5.91 Å². The summed E-state index contributed by atoms with van der Waals surface area (Å²) in [6, 6.07) is 4.11. The van der Waals surface area contributed by atoms with E-state index in [1.165, 1.54) is 18.2 Å². The highest BCUT2D eigenvalue weighted by Gasteiger charge is 2.23. The maximum atomic E-state index is 13.0. The molecule has 96 valence electrons. The van der Waals surface area contributed by atoms with Crippen molar-refractivity contribution in [1.82, 2.24) is 10.6 Å². The van der Waals surface area contributed by atoms with Crippen LogP contribution in [0, 0.1) is 5.82 Å². The Balaban J connectivity index is 1.86. The quantitative estimate of drug-likeness (QED) is 0.717. The molecule has 6 heteroatoms. The molecule has 0 spiro atoms. The minimum atomic E-state index is -0.485. The van der Waals surface area contributed by atoms with Crippen molar-refractivity contribution in [3.63, 3.8) is 0 Å². The molecule has 0 unspecified atom stereocenters. The highest BCUT2D eigenvalue weighted by atomic mass is 32.1. The number of hydrogen-bond acceptors (Lipinski definition) is 3. The molecule has 0 bridgehead atoms. The van der Waals surface area contributed by atoms with Crippen LogP contribution in [0.1, 0.15) is 23.2 Å². The average Bonchev–Trinajstić information content (AvgIpc) is 3.13. The van der Waals surface area contributed by atoms with Gasteiger partial charge in [-0.05, 0) is 31.0 Å². The Bertz CT molecular complexity index is 489. The molecule has 0 aliphatic heterocycles. The zero-order valence-corrected chi connectivity index (χ0v) is 10.5. The number of benzene rings is 1. The molecule has 1 aliphatic carbocycles. The van der Waals surface area contributed by atoms with E-state index in [1.54, 1.807) is 0 Å². The van der Waals surface area contributed by atoms with Crippen LogP contribution in [0.3, 0.4) is 0 Å². The largest absolute Gasteiger partial charge is 0.352 e. The molecule has 1 aliphatic rings. The maximum absolute atomic E-state index is 13.0. The van der Waals surface area contributed by atoms with Crippen LogP contribution < -0.4 is 10.6 Å². The van der Waals surface area contributed by atoms with Gasteiger partial charge in [-0.2, -0.15) is 0 Å². The summed E-state index contributed by atoms with van der Waals surface area (Å²) in [5, 5.41) is 5.22. The van der Waals surface area contributed by atoms with E-state index in [1.807, 2.05) is 0 Å². The summed E-state index contributed by atoms with van der Waals surface area (Å²) in [6.07, 6.45) is 2.00. The number of thiol groups is 1. The molecule has 2 N–H and O–H groups in total. The van der Waals surface area contributed by atoms with Crippen molar-refractivity contribution in [3.8, 4) is 0 Å². The fourth-order valence-electron chi connectivity index (χ4n) is 1.42.